The summed E-state index contributed by atoms with van der Waals surface area (Å²) < 4.78 is 10.9. The summed E-state index contributed by atoms with van der Waals surface area (Å²) in [5.41, 5.74) is 0. The van der Waals surface area contributed by atoms with Gasteiger partial charge in [0.1, 0.15) is 0 Å². The molecule has 0 atom stereocenters. The fourth-order valence-electron chi connectivity index (χ4n) is 3.02. The van der Waals surface area contributed by atoms with Gasteiger partial charge >= 0.3 is 144 Å². The molecule has 1 nitrogen and oxygen atoms in total. The van der Waals surface area contributed by atoms with Crippen molar-refractivity contribution < 1.29 is 3.07 Å². The Morgan fingerprint density at radius 3 is 1.26 bits per heavy atom. The molecule has 3 rings (SSSR count). The molecule has 0 N–H and O–H groups in total. The molecule has 0 amide bonds. The second kappa shape index (κ2) is 7.80. The van der Waals surface area contributed by atoms with Crippen molar-refractivity contribution in [2.45, 2.75) is 13.3 Å². The molecule has 0 aromatic heterocycles. The Balaban J connectivity index is 2.25. The summed E-state index contributed by atoms with van der Waals surface area (Å²) >= 11 is -3.40. The summed E-state index contributed by atoms with van der Waals surface area (Å²) in [6, 6.07) is 32.5. The van der Waals surface area contributed by atoms with Crippen LogP contribution in [0.1, 0.15) is 13.3 Å². The minimum atomic E-state index is -3.40. The van der Waals surface area contributed by atoms with Gasteiger partial charge in [0.15, 0.2) is 0 Å². The van der Waals surface area contributed by atoms with Crippen molar-refractivity contribution in [2.24, 2.45) is 0 Å². The molecule has 0 saturated carbocycles. The van der Waals surface area contributed by atoms with Gasteiger partial charge in [-0.1, -0.05) is 0 Å². The van der Waals surface area contributed by atoms with Gasteiger partial charge in [-0.3, -0.25) is 0 Å². The number of rotatable bonds is 6. The third-order valence-electron chi connectivity index (χ3n) is 4.06. The number of hydrogen-bond donors (Lipinski definition) is 0. The molecule has 0 bridgehead atoms. The Kier molecular flexibility index (Phi) is 5.52. The van der Waals surface area contributed by atoms with E-state index in [0.29, 0.717) is 0 Å². The molecule has 0 aliphatic carbocycles. The number of benzene rings is 3. The molecule has 0 radical (unpaired) electrons. The Morgan fingerprint density at radius 1 is 0.609 bits per heavy atom. The minimum absolute atomic E-state index is 0.800. The first-order chi connectivity index (χ1) is 11.4. The third-order valence-corrected chi connectivity index (χ3v) is 15.7. The van der Waals surface area contributed by atoms with E-state index in [1.165, 1.54) is 10.7 Å². The van der Waals surface area contributed by atoms with Crippen LogP contribution in [0.5, 0.6) is 0 Å². The molecular formula is C21H22OSn. The van der Waals surface area contributed by atoms with Crippen LogP contribution in [0.2, 0.25) is 0 Å². The van der Waals surface area contributed by atoms with E-state index in [-0.39, 0.29) is 0 Å². The van der Waals surface area contributed by atoms with Crippen molar-refractivity contribution >= 4 is 29.5 Å². The average Bonchev–Trinajstić information content (AvgIpc) is 2.65. The Labute approximate surface area is 143 Å². The van der Waals surface area contributed by atoms with Gasteiger partial charge in [0.2, 0.25) is 0 Å². The van der Waals surface area contributed by atoms with Gasteiger partial charge in [-0.25, -0.2) is 0 Å². The Morgan fingerprint density at radius 2 is 0.957 bits per heavy atom. The van der Waals surface area contributed by atoms with Crippen LogP contribution in [0.3, 0.4) is 0 Å². The molecule has 0 spiro atoms. The predicted octanol–water partition coefficient (Wildman–Crippen LogP) is 3.08. The van der Waals surface area contributed by atoms with Crippen molar-refractivity contribution in [1.29, 1.82) is 0 Å². The normalized spacial score (nSPS) is 11.3. The zero-order chi connectivity index (χ0) is 16.0. The Hall–Kier alpha value is -1.58. The van der Waals surface area contributed by atoms with Crippen molar-refractivity contribution in [1.82, 2.24) is 0 Å². The fourth-order valence-corrected chi connectivity index (χ4v) is 14.4. The summed E-state index contributed by atoms with van der Waals surface area (Å²) in [6.07, 6.45) is 1.03. The standard InChI is InChI=1S/3C6H5.C3H7O.Sn/c3*1-2-4-6-5-3-1;1-2-3-4;/h3*1-5H;2-3H2,1H3;/q;;;-1;+1. The number of hydrogen-bond acceptors (Lipinski definition) is 1. The van der Waals surface area contributed by atoms with Crippen molar-refractivity contribution in [3.63, 3.8) is 0 Å². The summed E-state index contributed by atoms with van der Waals surface area (Å²) in [5.74, 6) is 0. The summed E-state index contributed by atoms with van der Waals surface area (Å²) in [6.45, 7) is 2.98. The molecule has 2 heteroatoms. The van der Waals surface area contributed by atoms with Crippen LogP contribution in [-0.2, 0) is 3.07 Å². The monoisotopic (exact) mass is 410 g/mol. The molecule has 0 heterocycles. The fraction of sp³-hybridized carbons (Fsp3) is 0.143. The molecule has 0 unspecified atom stereocenters. The van der Waals surface area contributed by atoms with Gasteiger partial charge in [0, 0.05) is 0 Å². The van der Waals surface area contributed by atoms with Gasteiger partial charge < -0.3 is 0 Å². The van der Waals surface area contributed by atoms with Gasteiger partial charge in [0.25, 0.3) is 0 Å². The molecule has 0 aliphatic heterocycles. The third kappa shape index (κ3) is 3.36. The first-order valence-corrected chi connectivity index (χ1v) is 13.6. The molecular weight excluding hydrogens is 387 g/mol. The zero-order valence-corrected chi connectivity index (χ0v) is 16.3. The average molecular weight is 409 g/mol. The van der Waals surface area contributed by atoms with Crippen LogP contribution in [0.25, 0.3) is 0 Å². The van der Waals surface area contributed by atoms with E-state index in [1.807, 2.05) is 0 Å². The molecule has 23 heavy (non-hydrogen) atoms. The molecule has 116 valence electrons. The van der Waals surface area contributed by atoms with Crippen LogP contribution >= 0.6 is 0 Å². The van der Waals surface area contributed by atoms with Crippen molar-refractivity contribution in [3.05, 3.63) is 91.0 Å². The van der Waals surface area contributed by atoms with Gasteiger partial charge in [-0.05, 0) is 0 Å². The maximum atomic E-state index is 6.75. The van der Waals surface area contributed by atoms with E-state index >= 15 is 0 Å². The van der Waals surface area contributed by atoms with E-state index in [4.69, 9.17) is 3.07 Å². The zero-order valence-electron chi connectivity index (χ0n) is 13.5. The summed E-state index contributed by atoms with van der Waals surface area (Å²) in [7, 11) is 0. The van der Waals surface area contributed by atoms with Crippen LogP contribution in [0.4, 0.5) is 0 Å². The van der Waals surface area contributed by atoms with Crippen LogP contribution in [0, 0.1) is 0 Å². The van der Waals surface area contributed by atoms with Crippen LogP contribution in [-0.4, -0.2) is 25.4 Å². The predicted molar refractivity (Wildman–Crippen MR) is 100 cm³/mol. The van der Waals surface area contributed by atoms with E-state index < -0.39 is 18.8 Å². The van der Waals surface area contributed by atoms with Gasteiger partial charge in [-0.15, -0.1) is 0 Å². The molecule has 0 aliphatic rings. The maximum absolute atomic E-state index is 6.75. The quantitative estimate of drug-likeness (QED) is 0.569. The van der Waals surface area contributed by atoms with E-state index in [2.05, 4.69) is 97.9 Å². The van der Waals surface area contributed by atoms with Crippen molar-refractivity contribution in [3.8, 4) is 0 Å². The second-order valence-electron chi connectivity index (χ2n) is 5.63. The van der Waals surface area contributed by atoms with Crippen LogP contribution < -0.4 is 10.7 Å². The van der Waals surface area contributed by atoms with Gasteiger partial charge in [-0.2, -0.15) is 0 Å². The van der Waals surface area contributed by atoms with Crippen molar-refractivity contribution in [2.75, 3.05) is 6.61 Å². The van der Waals surface area contributed by atoms with E-state index in [1.54, 1.807) is 0 Å². The first-order valence-electron chi connectivity index (χ1n) is 8.18. The summed E-state index contributed by atoms with van der Waals surface area (Å²) in [5, 5.41) is 0. The second-order valence-corrected chi connectivity index (χ2v) is 15.3. The molecule has 3 aromatic carbocycles. The molecule has 3 aromatic rings. The topological polar surface area (TPSA) is 9.23 Å². The molecule has 0 saturated heterocycles. The van der Waals surface area contributed by atoms with Crippen LogP contribution in [0.15, 0.2) is 91.0 Å². The first kappa shape index (κ1) is 16.3. The summed E-state index contributed by atoms with van der Waals surface area (Å²) in [4.78, 5) is 0. The van der Waals surface area contributed by atoms with E-state index in [9.17, 15) is 0 Å². The molecule has 0 fully saturated rings. The Bertz CT molecular complexity index is 614. The SMILES string of the molecule is CCC[O][Sn]([c]1ccccc1)([c]1ccccc1)[c]1ccccc1. The van der Waals surface area contributed by atoms with Gasteiger partial charge in [0.05, 0.1) is 0 Å². The van der Waals surface area contributed by atoms with E-state index in [0.717, 1.165) is 13.0 Å².